The number of hydrogen-bond donors (Lipinski definition) is 3. The minimum Gasteiger partial charge on any atom is -0.358 e. The van der Waals surface area contributed by atoms with E-state index in [9.17, 15) is 19.2 Å². The fourth-order valence-electron chi connectivity index (χ4n) is 6.10. The Morgan fingerprint density at radius 3 is 1.63 bits per heavy atom. The van der Waals surface area contributed by atoms with E-state index in [2.05, 4.69) is 16.0 Å². The Hall–Kier alpha value is -5.28. The van der Waals surface area contributed by atoms with Gasteiger partial charge in [-0.1, -0.05) is 135 Å². The Balaban J connectivity index is 1.79. The number of likely N-dealkylation sites (N-methyl/N-ethyl adjacent to an activating group) is 2. The van der Waals surface area contributed by atoms with Crippen LogP contribution in [0, 0.1) is 5.92 Å². The predicted molar refractivity (Wildman–Crippen MR) is 200 cm³/mol. The summed E-state index contributed by atoms with van der Waals surface area (Å²) in [4.78, 5) is 55.3. The quantitative estimate of drug-likeness (QED) is 0.131. The van der Waals surface area contributed by atoms with Crippen molar-refractivity contribution in [2.24, 2.45) is 5.92 Å². The van der Waals surface area contributed by atoms with Gasteiger partial charge in [-0.2, -0.15) is 0 Å². The molecule has 4 aromatic rings. The third-order valence-corrected chi connectivity index (χ3v) is 9.00. The minimum absolute atomic E-state index is 0.188. The number of rotatable bonds is 17. The first-order valence-corrected chi connectivity index (χ1v) is 17.5. The van der Waals surface area contributed by atoms with Crippen molar-refractivity contribution < 1.29 is 23.9 Å². The summed E-state index contributed by atoms with van der Waals surface area (Å²) in [7, 11) is 3.04. The number of ether oxygens (including phenoxy) is 1. The molecule has 9 nitrogen and oxygen atoms in total. The molecule has 268 valence electrons. The predicted octanol–water partition coefficient (Wildman–Crippen LogP) is 5.24. The minimum atomic E-state index is -1.17. The topological polar surface area (TPSA) is 117 Å². The van der Waals surface area contributed by atoms with Crippen LogP contribution >= 0.6 is 0 Å². The first kappa shape index (κ1) is 38.5. The fraction of sp³-hybridized carbons (Fsp3) is 0.333. The second kappa shape index (κ2) is 18.6. The van der Waals surface area contributed by atoms with Gasteiger partial charge in [-0.15, -0.1) is 0 Å². The van der Waals surface area contributed by atoms with Gasteiger partial charge in [0.15, 0.2) is 0 Å². The monoisotopic (exact) mass is 690 g/mol. The standard InChI is InChI=1S/C42H50N4O5/c1-30(2)26-27-37(47)45-39(41(50)46(5)36(28-32-18-10-6-11-19-32)40(49)44-29-38(48)43-4)31(3)51-42(33-20-12-7-13-21-33,34-22-14-8-15-23-34)35-24-16-9-17-25-35/h6-25,30-31,36,39H,26-29H2,1-5H3,(H,43,48)(H,44,49)(H,45,47)/t31-,36+,39+/m1/s1. The summed E-state index contributed by atoms with van der Waals surface area (Å²) >= 11 is 0. The van der Waals surface area contributed by atoms with Gasteiger partial charge in [0.1, 0.15) is 17.7 Å². The zero-order valence-corrected chi connectivity index (χ0v) is 30.2. The molecule has 0 bridgehead atoms. The molecule has 0 fully saturated rings. The van der Waals surface area contributed by atoms with E-state index in [1.54, 1.807) is 14.0 Å². The van der Waals surface area contributed by atoms with Crippen LogP contribution in [0.25, 0.3) is 0 Å². The molecule has 0 aliphatic carbocycles. The van der Waals surface area contributed by atoms with Crippen LogP contribution in [0.4, 0.5) is 0 Å². The zero-order chi connectivity index (χ0) is 36.8. The molecule has 51 heavy (non-hydrogen) atoms. The molecule has 3 atom stereocenters. The first-order valence-electron chi connectivity index (χ1n) is 17.5. The van der Waals surface area contributed by atoms with Crippen LogP contribution in [0.5, 0.6) is 0 Å². The van der Waals surface area contributed by atoms with E-state index in [-0.39, 0.29) is 37.1 Å². The highest BCUT2D eigenvalue weighted by Gasteiger charge is 2.43. The maximum Gasteiger partial charge on any atom is 0.248 e. The highest BCUT2D eigenvalue weighted by Crippen LogP contribution is 2.41. The van der Waals surface area contributed by atoms with Crippen molar-refractivity contribution >= 4 is 23.6 Å². The largest absolute Gasteiger partial charge is 0.358 e. The van der Waals surface area contributed by atoms with E-state index in [1.165, 1.54) is 11.9 Å². The molecule has 0 radical (unpaired) electrons. The number of nitrogens with zero attached hydrogens (tertiary/aromatic N) is 1. The van der Waals surface area contributed by atoms with Crippen LogP contribution < -0.4 is 16.0 Å². The third-order valence-electron chi connectivity index (χ3n) is 9.00. The molecule has 0 unspecified atom stereocenters. The van der Waals surface area contributed by atoms with Gasteiger partial charge in [0.2, 0.25) is 23.6 Å². The van der Waals surface area contributed by atoms with Crippen LogP contribution in [0.3, 0.4) is 0 Å². The number of hydrogen-bond acceptors (Lipinski definition) is 5. The molecule has 0 aliphatic heterocycles. The van der Waals surface area contributed by atoms with Gasteiger partial charge in [-0.3, -0.25) is 19.2 Å². The molecule has 0 saturated carbocycles. The van der Waals surface area contributed by atoms with Crippen LogP contribution in [0.1, 0.15) is 55.9 Å². The van der Waals surface area contributed by atoms with Gasteiger partial charge in [-0.05, 0) is 41.5 Å². The average Bonchev–Trinajstić information content (AvgIpc) is 3.17. The van der Waals surface area contributed by atoms with Crippen molar-refractivity contribution in [3.05, 3.63) is 144 Å². The molecule has 0 heterocycles. The second-order valence-electron chi connectivity index (χ2n) is 13.1. The third kappa shape index (κ3) is 10.1. The van der Waals surface area contributed by atoms with Gasteiger partial charge >= 0.3 is 0 Å². The molecule has 0 aliphatic rings. The Morgan fingerprint density at radius 1 is 0.706 bits per heavy atom. The summed E-state index contributed by atoms with van der Waals surface area (Å²) in [6.07, 6.45) is 0.153. The summed E-state index contributed by atoms with van der Waals surface area (Å²) in [5.41, 5.74) is 2.19. The fourth-order valence-corrected chi connectivity index (χ4v) is 6.10. The molecule has 0 aromatic heterocycles. The number of nitrogens with one attached hydrogen (secondary N) is 3. The summed E-state index contributed by atoms with van der Waals surface area (Å²) in [5.74, 6) is -1.38. The van der Waals surface area contributed by atoms with Crippen LogP contribution in [-0.4, -0.2) is 67.4 Å². The van der Waals surface area contributed by atoms with E-state index in [4.69, 9.17) is 4.74 Å². The molecule has 4 amide bonds. The van der Waals surface area contributed by atoms with E-state index in [0.717, 1.165) is 22.3 Å². The molecule has 9 heteroatoms. The Kier molecular flexibility index (Phi) is 14.1. The van der Waals surface area contributed by atoms with Crippen molar-refractivity contribution in [1.82, 2.24) is 20.9 Å². The molecular weight excluding hydrogens is 640 g/mol. The van der Waals surface area contributed by atoms with Crippen molar-refractivity contribution in [3.8, 4) is 0 Å². The SMILES string of the molecule is CNC(=O)CNC(=O)[C@H](Cc1ccccc1)N(C)C(=O)[C@@H](NC(=O)CCC(C)C)[C@@H](C)OC(c1ccccc1)(c1ccccc1)c1ccccc1. The first-order chi connectivity index (χ1) is 24.6. The van der Waals surface area contributed by atoms with Gasteiger partial charge in [0.25, 0.3) is 0 Å². The van der Waals surface area contributed by atoms with Crippen molar-refractivity contribution in [1.29, 1.82) is 0 Å². The molecular formula is C42H50N4O5. The van der Waals surface area contributed by atoms with E-state index in [0.29, 0.717) is 6.42 Å². The summed E-state index contributed by atoms with van der Waals surface area (Å²) in [6.45, 7) is 5.61. The molecule has 4 rings (SSSR count). The number of carbonyl (C=O) groups excluding carboxylic acids is 4. The van der Waals surface area contributed by atoms with Gasteiger partial charge in [0, 0.05) is 26.9 Å². The number of benzene rings is 4. The summed E-state index contributed by atoms with van der Waals surface area (Å²) in [6, 6.07) is 36.6. The molecule has 3 N–H and O–H groups in total. The molecule has 0 spiro atoms. The summed E-state index contributed by atoms with van der Waals surface area (Å²) in [5, 5.41) is 8.17. The molecule has 0 saturated heterocycles. The lowest BCUT2D eigenvalue weighted by atomic mass is 9.79. The van der Waals surface area contributed by atoms with Crippen LogP contribution in [0.2, 0.25) is 0 Å². The van der Waals surface area contributed by atoms with Gasteiger partial charge < -0.3 is 25.6 Å². The number of carbonyl (C=O) groups is 4. The van der Waals surface area contributed by atoms with E-state index < -0.39 is 35.6 Å². The zero-order valence-electron chi connectivity index (χ0n) is 30.2. The van der Waals surface area contributed by atoms with Crippen molar-refractivity contribution in [2.45, 2.75) is 63.8 Å². The van der Waals surface area contributed by atoms with Crippen LogP contribution in [0.15, 0.2) is 121 Å². The van der Waals surface area contributed by atoms with Crippen LogP contribution in [-0.2, 0) is 35.9 Å². The Bertz CT molecular complexity index is 1600. The normalized spacial score (nSPS) is 13.1. The summed E-state index contributed by atoms with van der Waals surface area (Å²) < 4.78 is 7.19. The van der Waals surface area contributed by atoms with E-state index in [1.807, 2.05) is 135 Å². The number of amides is 4. The maximum absolute atomic E-state index is 14.8. The second-order valence-corrected chi connectivity index (χ2v) is 13.1. The Labute approximate surface area is 301 Å². The molecule has 4 aromatic carbocycles. The lowest BCUT2D eigenvalue weighted by molar-refractivity contribution is -0.148. The van der Waals surface area contributed by atoms with Crippen molar-refractivity contribution in [2.75, 3.05) is 20.6 Å². The maximum atomic E-state index is 14.8. The highest BCUT2D eigenvalue weighted by molar-refractivity contribution is 5.93. The average molecular weight is 691 g/mol. The smallest absolute Gasteiger partial charge is 0.248 e. The lowest BCUT2D eigenvalue weighted by Gasteiger charge is -2.41. The highest BCUT2D eigenvalue weighted by atomic mass is 16.5. The van der Waals surface area contributed by atoms with Gasteiger partial charge in [-0.25, -0.2) is 0 Å². The van der Waals surface area contributed by atoms with E-state index >= 15 is 0 Å². The lowest BCUT2D eigenvalue weighted by Crippen LogP contribution is -2.59. The van der Waals surface area contributed by atoms with Crippen molar-refractivity contribution in [3.63, 3.8) is 0 Å². The Morgan fingerprint density at radius 2 is 1.18 bits per heavy atom. The van der Waals surface area contributed by atoms with Gasteiger partial charge in [0.05, 0.1) is 12.6 Å².